The van der Waals surface area contributed by atoms with E-state index in [0.29, 0.717) is 12.0 Å². The summed E-state index contributed by atoms with van der Waals surface area (Å²) in [6.45, 7) is 7.97. The Labute approximate surface area is 133 Å². The van der Waals surface area contributed by atoms with Crippen molar-refractivity contribution in [2.24, 2.45) is 5.92 Å². The average molecular weight is 390 g/mol. The Hall–Kier alpha value is -0.0600. The molecule has 2 atom stereocenters. The number of piperidine rings is 1. The van der Waals surface area contributed by atoms with Gasteiger partial charge in [0.25, 0.3) is 0 Å². The summed E-state index contributed by atoms with van der Waals surface area (Å²) in [5.74, 6) is 0.691. The lowest BCUT2D eigenvalue weighted by Crippen LogP contribution is -2.48. The summed E-state index contributed by atoms with van der Waals surface area (Å²) in [7, 11) is 0. The second-order valence-corrected chi connectivity index (χ2v) is 7.14. The summed E-state index contributed by atoms with van der Waals surface area (Å²) in [5.41, 5.74) is 1.31. The van der Waals surface area contributed by atoms with Crippen molar-refractivity contribution in [3.05, 3.63) is 27.1 Å². The van der Waals surface area contributed by atoms with Gasteiger partial charge < -0.3 is 10.2 Å². The van der Waals surface area contributed by atoms with E-state index in [4.69, 9.17) is 0 Å². The van der Waals surface area contributed by atoms with E-state index in [9.17, 15) is 0 Å². The minimum Gasteiger partial charge on any atom is -0.370 e. The molecule has 1 aromatic carbocycles. The van der Waals surface area contributed by atoms with Crippen LogP contribution in [0.2, 0.25) is 0 Å². The molecule has 0 bridgehead atoms. The van der Waals surface area contributed by atoms with Crippen LogP contribution in [0.1, 0.15) is 26.7 Å². The van der Waals surface area contributed by atoms with Gasteiger partial charge in [-0.2, -0.15) is 0 Å². The van der Waals surface area contributed by atoms with Crippen LogP contribution in [-0.4, -0.2) is 25.7 Å². The molecule has 0 amide bonds. The molecule has 1 aromatic rings. The Morgan fingerprint density at radius 2 is 2.16 bits per heavy atom. The lowest BCUT2D eigenvalue weighted by molar-refractivity contribution is 0.322. The normalized spacial score (nSPS) is 23.7. The number of nitrogens with zero attached hydrogens (tertiary/aromatic N) is 1. The molecule has 1 aliphatic heterocycles. The lowest BCUT2D eigenvalue weighted by atomic mass is 9.93. The third kappa shape index (κ3) is 3.96. The molecular formula is C15H22Br2N2. The Morgan fingerprint density at radius 3 is 2.79 bits per heavy atom. The first-order chi connectivity index (χ1) is 9.11. The molecule has 1 saturated heterocycles. The first kappa shape index (κ1) is 15.3. The van der Waals surface area contributed by atoms with Gasteiger partial charge in [0.15, 0.2) is 0 Å². The van der Waals surface area contributed by atoms with Crippen molar-refractivity contribution in [2.75, 3.05) is 24.5 Å². The Morgan fingerprint density at radius 1 is 1.37 bits per heavy atom. The van der Waals surface area contributed by atoms with Crippen LogP contribution in [0.3, 0.4) is 0 Å². The zero-order valence-electron chi connectivity index (χ0n) is 11.6. The molecule has 1 aliphatic rings. The number of nitrogens with one attached hydrogen (secondary N) is 1. The van der Waals surface area contributed by atoms with E-state index in [1.807, 2.05) is 0 Å². The van der Waals surface area contributed by atoms with Gasteiger partial charge in [-0.15, -0.1) is 0 Å². The number of anilines is 1. The van der Waals surface area contributed by atoms with Gasteiger partial charge in [0.05, 0.1) is 5.69 Å². The molecule has 0 aliphatic carbocycles. The summed E-state index contributed by atoms with van der Waals surface area (Å²) in [5, 5.41) is 3.67. The number of rotatable bonds is 4. The minimum atomic E-state index is 0.672. The second kappa shape index (κ2) is 7.09. The Balaban J connectivity index is 2.01. The maximum absolute atomic E-state index is 3.67. The van der Waals surface area contributed by atoms with E-state index in [1.165, 1.54) is 23.0 Å². The van der Waals surface area contributed by atoms with Gasteiger partial charge in [0.1, 0.15) is 0 Å². The highest BCUT2D eigenvalue weighted by molar-refractivity contribution is 9.11. The molecule has 2 rings (SSSR count). The predicted molar refractivity (Wildman–Crippen MR) is 89.9 cm³/mol. The molecule has 2 unspecified atom stereocenters. The van der Waals surface area contributed by atoms with Crippen molar-refractivity contribution in [2.45, 2.75) is 32.7 Å². The maximum Gasteiger partial charge on any atom is 0.0511 e. The SMILES string of the molecule is CCCNC1CCN(c2ccc(Br)cc2Br)CC1C. The molecule has 0 radical (unpaired) electrons. The average Bonchev–Trinajstić information content (AvgIpc) is 2.37. The molecule has 1 heterocycles. The molecule has 0 aromatic heterocycles. The van der Waals surface area contributed by atoms with Crippen LogP contribution < -0.4 is 10.2 Å². The topological polar surface area (TPSA) is 15.3 Å². The maximum atomic E-state index is 3.67. The molecule has 106 valence electrons. The molecule has 19 heavy (non-hydrogen) atoms. The summed E-state index contributed by atoms with van der Waals surface area (Å²) in [6.07, 6.45) is 2.44. The van der Waals surface area contributed by atoms with Crippen LogP contribution in [0, 0.1) is 5.92 Å². The van der Waals surface area contributed by atoms with Crippen molar-refractivity contribution >= 4 is 37.5 Å². The van der Waals surface area contributed by atoms with Gasteiger partial charge in [-0.3, -0.25) is 0 Å². The summed E-state index contributed by atoms with van der Waals surface area (Å²) in [4.78, 5) is 2.49. The van der Waals surface area contributed by atoms with E-state index in [0.717, 1.165) is 24.1 Å². The Bertz CT molecular complexity index is 423. The zero-order chi connectivity index (χ0) is 13.8. The molecular weight excluding hydrogens is 368 g/mol. The lowest BCUT2D eigenvalue weighted by Gasteiger charge is -2.39. The van der Waals surface area contributed by atoms with Gasteiger partial charge in [-0.1, -0.05) is 29.8 Å². The fourth-order valence-electron chi connectivity index (χ4n) is 2.74. The zero-order valence-corrected chi connectivity index (χ0v) is 14.8. The first-order valence-corrected chi connectivity index (χ1v) is 8.63. The van der Waals surface area contributed by atoms with Gasteiger partial charge in [0, 0.05) is 28.1 Å². The summed E-state index contributed by atoms with van der Waals surface area (Å²) in [6, 6.07) is 7.11. The molecule has 2 nitrogen and oxygen atoms in total. The molecule has 1 fully saturated rings. The quantitative estimate of drug-likeness (QED) is 0.819. The fourth-order valence-corrected chi connectivity index (χ4v) is 4.03. The second-order valence-electron chi connectivity index (χ2n) is 5.37. The molecule has 0 saturated carbocycles. The molecule has 0 spiro atoms. The first-order valence-electron chi connectivity index (χ1n) is 7.05. The third-order valence-electron chi connectivity index (χ3n) is 3.81. The summed E-state index contributed by atoms with van der Waals surface area (Å²) < 4.78 is 2.30. The fraction of sp³-hybridized carbons (Fsp3) is 0.600. The van der Waals surface area contributed by atoms with E-state index >= 15 is 0 Å². The van der Waals surface area contributed by atoms with E-state index < -0.39 is 0 Å². The van der Waals surface area contributed by atoms with Crippen molar-refractivity contribution < 1.29 is 0 Å². The number of halogens is 2. The van der Waals surface area contributed by atoms with E-state index in [-0.39, 0.29) is 0 Å². The highest BCUT2D eigenvalue weighted by Crippen LogP contribution is 2.32. The van der Waals surface area contributed by atoms with Crippen molar-refractivity contribution in [3.63, 3.8) is 0 Å². The van der Waals surface area contributed by atoms with Crippen LogP contribution in [-0.2, 0) is 0 Å². The van der Waals surface area contributed by atoms with Crippen LogP contribution in [0.15, 0.2) is 27.1 Å². The molecule has 4 heteroatoms. The summed E-state index contributed by atoms with van der Waals surface area (Å²) >= 11 is 7.18. The predicted octanol–water partition coefficient (Wildman–Crippen LogP) is 4.43. The van der Waals surface area contributed by atoms with Crippen LogP contribution in [0.5, 0.6) is 0 Å². The largest absolute Gasteiger partial charge is 0.370 e. The van der Waals surface area contributed by atoms with Crippen molar-refractivity contribution in [1.29, 1.82) is 0 Å². The smallest absolute Gasteiger partial charge is 0.0511 e. The van der Waals surface area contributed by atoms with E-state index in [2.05, 4.69) is 74.1 Å². The monoisotopic (exact) mass is 388 g/mol. The van der Waals surface area contributed by atoms with E-state index in [1.54, 1.807) is 0 Å². The van der Waals surface area contributed by atoms with Crippen LogP contribution in [0.25, 0.3) is 0 Å². The van der Waals surface area contributed by atoms with Gasteiger partial charge in [-0.25, -0.2) is 0 Å². The number of benzene rings is 1. The highest BCUT2D eigenvalue weighted by atomic mass is 79.9. The third-order valence-corrected chi connectivity index (χ3v) is 4.94. The Kier molecular flexibility index (Phi) is 5.72. The van der Waals surface area contributed by atoms with Gasteiger partial charge in [-0.05, 0) is 59.4 Å². The number of hydrogen-bond donors (Lipinski definition) is 1. The number of hydrogen-bond acceptors (Lipinski definition) is 2. The van der Waals surface area contributed by atoms with Gasteiger partial charge in [0.2, 0.25) is 0 Å². The highest BCUT2D eigenvalue weighted by Gasteiger charge is 2.26. The van der Waals surface area contributed by atoms with Crippen LogP contribution in [0.4, 0.5) is 5.69 Å². The minimum absolute atomic E-state index is 0.672. The standard InChI is InChI=1S/C15H22Br2N2/c1-3-7-18-14-6-8-19(10-11(14)2)15-5-4-12(16)9-13(15)17/h4-5,9,11,14,18H,3,6-8,10H2,1-2H3. The van der Waals surface area contributed by atoms with Crippen molar-refractivity contribution in [3.8, 4) is 0 Å². The van der Waals surface area contributed by atoms with Crippen molar-refractivity contribution in [1.82, 2.24) is 5.32 Å². The van der Waals surface area contributed by atoms with Crippen LogP contribution >= 0.6 is 31.9 Å². The van der Waals surface area contributed by atoms with Gasteiger partial charge >= 0.3 is 0 Å². The molecule has 1 N–H and O–H groups in total.